The number of carbonyl (C=O) groups is 2. The topological polar surface area (TPSA) is 67.4 Å². The minimum absolute atomic E-state index is 0.0265. The van der Waals surface area contributed by atoms with Crippen molar-refractivity contribution < 1.29 is 14.3 Å². The van der Waals surface area contributed by atoms with Crippen molar-refractivity contribution in [2.45, 2.75) is 50.3 Å². The number of ether oxygens (including phenoxy) is 1. The van der Waals surface area contributed by atoms with Gasteiger partial charge in [0.05, 0.1) is 6.10 Å². The van der Waals surface area contributed by atoms with Crippen LogP contribution in [-0.4, -0.2) is 37.1 Å². The third kappa shape index (κ3) is 2.52. The molecule has 90 valence electrons. The summed E-state index contributed by atoms with van der Waals surface area (Å²) in [5.41, 5.74) is 0. The molecule has 0 spiro atoms. The Hall–Kier alpha value is -1.10. The van der Waals surface area contributed by atoms with E-state index >= 15 is 0 Å². The van der Waals surface area contributed by atoms with Crippen molar-refractivity contribution in [3.63, 3.8) is 0 Å². The molecule has 2 rings (SSSR count). The zero-order valence-corrected chi connectivity index (χ0v) is 9.49. The van der Waals surface area contributed by atoms with Gasteiger partial charge in [0.1, 0.15) is 6.04 Å². The Morgan fingerprint density at radius 3 is 2.81 bits per heavy atom. The van der Waals surface area contributed by atoms with Gasteiger partial charge in [0.15, 0.2) is 0 Å². The third-order valence-electron chi connectivity index (χ3n) is 3.38. The first-order chi connectivity index (χ1) is 7.69. The fourth-order valence-corrected chi connectivity index (χ4v) is 2.40. The molecule has 2 amide bonds. The molecule has 2 fully saturated rings. The lowest BCUT2D eigenvalue weighted by molar-refractivity contribution is -0.126. The standard InChI is InChI=1S/C11H18N2O3/c1-16-8-3-2-7(6-8)12-11(15)9-4-5-10(14)13-9/h7-9H,2-6H2,1H3,(H,12,15)(H,13,14). The lowest BCUT2D eigenvalue weighted by atomic mass is 10.2. The second kappa shape index (κ2) is 4.82. The largest absolute Gasteiger partial charge is 0.381 e. The molecule has 0 radical (unpaired) electrons. The fraction of sp³-hybridized carbons (Fsp3) is 0.818. The van der Waals surface area contributed by atoms with Gasteiger partial charge in [-0.05, 0) is 25.7 Å². The van der Waals surface area contributed by atoms with Gasteiger partial charge in [-0.15, -0.1) is 0 Å². The predicted octanol–water partition coefficient (Wildman–Crippen LogP) is -0.0513. The van der Waals surface area contributed by atoms with Crippen LogP contribution in [0.2, 0.25) is 0 Å². The number of amides is 2. The molecule has 2 N–H and O–H groups in total. The number of carbonyl (C=O) groups excluding carboxylic acids is 2. The molecule has 3 unspecified atom stereocenters. The normalized spacial score (nSPS) is 33.8. The van der Waals surface area contributed by atoms with E-state index in [0.717, 1.165) is 19.3 Å². The van der Waals surface area contributed by atoms with E-state index in [1.165, 1.54) is 0 Å². The molecule has 0 aromatic rings. The first-order valence-corrected chi connectivity index (χ1v) is 5.81. The Labute approximate surface area is 94.9 Å². The van der Waals surface area contributed by atoms with E-state index in [9.17, 15) is 9.59 Å². The van der Waals surface area contributed by atoms with E-state index in [-0.39, 0.29) is 30.0 Å². The van der Waals surface area contributed by atoms with Crippen molar-refractivity contribution in [3.05, 3.63) is 0 Å². The van der Waals surface area contributed by atoms with Gasteiger partial charge < -0.3 is 15.4 Å². The second-order valence-corrected chi connectivity index (χ2v) is 4.54. The molecule has 0 aromatic carbocycles. The summed E-state index contributed by atoms with van der Waals surface area (Å²) in [6, 6.07) is -0.121. The number of nitrogens with one attached hydrogen (secondary N) is 2. The van der Waals surface area contributed by atoms with Crippen molar-refractivity contribution in [3.8, 4) is 0 Å². The lowest BCUT2D eigenvalue weighted by Crippen LogP contribution is -2.45. The van der Waals surface area contributed by atoms with E-state index in [0.29, 0.717) is 12.8 Å². The van der Waals surface area contributed by atoms with Crippen LogP contribution in [0.25, 0.3) is 0 Å². The molecule has 3 atom stereocenters. The van der Waals surface area contributed by atoms with E-state index in [4.69, 9.17) is 4.74 Å². The van der Waals surface area contributed by atoms with E-state index in [2.05, 4.69) is 10.6 Å². The summed E-state index contributed by atoms with van der Waals surface area (Å²) in [7, 11) is 1.70. The summed E-state index contributed by atoms with van der Waals surface area (Å²) >= 11 is 0. The molecule has 0 bridgehead atoms. The average molecular weight is 226 g/mol. The third-order valence-corrected chi connectivity index (χ3v) is 3.38. The molecule has 0 aromatic heterocycles. The minimum Gasteiger partial charge on any atom is -0.381 e. The zero-order valence-electron chi connectivity index (χ0n) is 9.49. The van der Waals surface area contributed by atoms with Crippen LogP contribution in [0.4, 0.5) is 0 Å². The van der Waals surface area contributed by atoms with Crippen molar-refractivity contribution in [1.82, 2.24) is 10.6 Å². The Bertz CT molecular complexity index is 293. The van der Waals surface area contributed by atoms with Crippen LogP contribution >= 0.6 is 0 Å². The molecule has 16 heavy (non-hydrogen) atoms. The van der Waals surface area contributed by atoms with Crippen LogP contribution in [0.1, 0.15) is 32.1 Å². The van der Waals surface area contributed by atoms with Gasteiger partial charge in [0.2, 0.25) is 11.8 Å². The van der Waals surface area contributed by atoms with Gasteiger partial charge in [0.25, 0.3) is 0 Å². The average Bonchev–Trinajstić information content (AvgIpc) is 2.87. The highest BCUT2D eigenvalue weighted by atomic mass is 16.5. The van der Waals surface area contributed by atoms with Crippen molar-refractivity contribution in [2.75, 3.05) is 7.11 Å². The highest BCUT2D eigenvalue weighted by molar-refractivity contribution is 5.90. The fourth-order valence-electron chi connectivity index (χ4n) is 2.40. The number of methoxy groups -OCH3 is 1. The SMILES string of the molecule is COC1CCC(NC(=O)C2CCC(=O)N2)C1. The summed E-state index contributed by atoms with van der Waals surface area (Å²) in [6.45, 7) is 0. The monoisotopic (exact) mass is 226 g/mol. The molecule has 1 aliphatic heterocycles. The van der Waals surface area contributed by atoms with Crippen molar-refractivity contribution >= 4 is 11.8 Å². The first-order valence-electron chi connectivity index (χ1n) is 5.81. The molecule has 1 saturated carbocycles. The molecule has 1 saturated heterocycles. The number of rotatable bonds is 3. The van der Waals surface area contributed by atoms with Crippen LogP contribution in [0, 0.1) is 0 Å². The molecule has 1 heterocycles. The molecule has 1 aliphatic carbocycles. The van der Waals surface area contributed by atoms with Crippen molar-refractivity contribution in [2.24, 2.45) is 0 Å². The highest BCUT2D eigenvalue weighted by Crippen LogP contribution is 2.21. The first kappa shape index (κ1) is 11.4. The minimum atomic E-state index is -0.325. The van der Waals surface area contributed by atoms with E-state index < -0.39 is 0 Å². The second-order valence-electron chi connectivity index (χ2n) is 4.54. The van der Waals surface area contributed by atoms with Crippen molar-refractivity contribution in [1.29, 1.82) is 0 Å². The van der Waals surface area contributed by atoms with Gasteiger partial charge in [-0.3, -0.25) is 9.59 Å². The summed E-state index contributed by atoms with van der Waals surface area (Å²) in [6.07, 6.45) is 4.18. The van der Waals surface area contributed by atoms with Crippen LogP contribution in [-0.2, 0) is 14.3 Å². The van der Waals surface area contributed by atoms with Crippen LogP contribution < -0.4 is 10.6 Å². The molecule has 2 aliphatic rings. The Kier molecular flexibility index (Phi) is 3.43. The predicted molar refractivity (Wildman–Crippen MR) is 57.7 cm³/mol. The molecular weight excluding hydrogens is 208 g/mol. The molecule has 5 heteroatoms. The summed E-state index contributed by atoms with van der Waals surface area (Å²) in [4.78, 5) is 22.8. The van der Waals surface area contributed by atoms with Gasteiger partial charge in [-0.25, -0.2) is 0 Å². The molecule has 5 nitrogen and oxygen atoms in total. The van der Waals surface area contributed by atoms with Gasteiger partial charge >= 0.3 is 0 Å². The maximum atomic E-state index is 11.8. The van der Waals surface area contributed by atoms with E-state index in [1.807, 2.05) is 0 Å². The summed E-state index contributed by atoms with van der Waals surface area (Å²) < 4.78 is 5.24. The number of hydrogen-bond donors (Lipinski definition) is 2. The Morgan fingerprint density at radius 2 is 2.25 bits per heavy atom. The maximum absolute atomic E-state index is 11.8. The Balaban J connectivity index is 1.77. The van der Waals surface area contributed by atoms with E-state index in [1.54, 1.807) is 7.11 Å². The van der Waals surface area contributed by atoms with Crippen LogP contribution in [0.5, 0.6) is 0 Å². The van der Waals surface area contributed by atoms with Crippen LogP contribution in [0.3, 0.4) is 0 Å². The quantitative estimate of drug-likeness (QED) is 0.709. The smallest absolute Gasteiger partial charge is 0.242 e. The van der Waals surface area contributed by atoms with Crippen LogP contribution in [0.15, 0.2) is 0 Å². The summed E-state index contributed by atoms with van der Waals surface area (Å²) in [5.74, 6) is -0.0751. The lowest BCUT2D eigenvalue weighted by Gasteiger charge is -2.16. The van der Waals surface area contributed by atoms with Gasteiger partial charge in [-0.2, -0.15) is 0 Å². The summed E-state index contributed by atoms with van der Waals surface area (Å²) in [5, 5.41) is 5.64. The Morgan fingerprint density at radius 1 is 1.44 bits per heavy atom. The van der Waals surface area contributed by atoms with Gasteiger partial charge in [0, 0.05) is 19.6 Å². The number of hydrogen-bond acceptors (Lipinski definition) is 3. The highest BCUT2D eigenvalue weighted by Gasteiger charge is 2.31. The maximum Gasteiger partial charge on any atom is 0.242 e. The van der Waals surface area contributed by atoms with Gasteiger partial charge in [-0.1, -0.05) is 0 Å². The zero-order chi connectivity index (χ0) is 11.5. The molecular formula is C11H18N2O3.